The zero-order valence-corrected chi connectivity index (χ0v) is 9.83. The monoisotopic (exact) mass is 217 g/mol. The summed E-state index contributed by atoms with van der Waals surface area (Å²) in [6, 6.07) is 6.90. The van der Waals surface area contributed by atoms with Crippen LogP contribution in [0.5, 0.6) is 5.75 Å². The van der Waals surface area contributed by atoms with Crippen LogP contribution in [0, 0.1) is 0 Å². The summed E-state index contributed by atoms with van der Waals surface area (Å²) in [6.07, 6.45) is 5.32. The first kappa shape index (κ1) is 11.2. The van der Waals surface area contributed by atoms with Crippen molar-refractivity contribution in [1.29, 1.82) is 0 Å². The summed E-state index contributed by atoms with van der Waals surface area (Å²) < 4.78 is 5.42. The predicted molar refractivity (Wildman–Crippen MR) is 67.0 cm³/mol. The molecule has 1 aliphatic carbocycles. The maximum absolute atomic E-state index is 5.42. The highest BCUT2D eigenvalue weighted by Gasteiger charge is 2.20. The number of nitrogens with one attached hydrogen (secondary N) is 1. The fraction of sp³-hybridized carbons (Fsp3) is 0.429. The van der Waals surface area contributed by atoms with Crippen LogP contribution in [0.2, 0.25) is 0 Å². The largest absolute Gasteiger partial charge is 0.496 e. The molecule has 0 aliphatic heterocycles. The number of hydrogen-bond acceptors (Lipinski definition) is 2. The Labute approximate surface area is 97.3 Å². The molecule has 0 saturated heterocycles. The Kier molecular flexibility index (Phi) is 3.62. The van der Waals surface area contributed by atoms with Crippen molar-refractivity contribution in [1.82, 2.24) is 5.32 Å². The van der Waals surface area contributed by atoms with Gasteiger partial charge in [-0.3, -0.25) is 0 Å². The number of rotatable bonds is 4. The van der Waals surface area contributed by atoms with Gasteiger partial charge in [0, 0.05) is 12.6 Å². The van der Waals surface area contributed by atoms with Crippen molar-refractivity contribution in [2.45, 2.75) is 25.3 Å². The third-order valence-corrected chi connectivity index (χ3v) is 3.21. The third-order valence-electron chi connectivity index (χ3n) is 3.21. The number of aryl methyl sites for hydroxylation is 1. The van der Waals surface area contributed by atoms with Gasteiger partial charge in [0.2, 0.25) is 0 Å². The molecule has 0 radical (unpaired) electrons. The smallest absolute Gasteiger partial charge is 0.122 e. The zero-order chi connectivity index (χ0) is 11.4. The molecule has 0 heterocycles. The van der Waals surface area contributed by atoms with Crippen LogP contribution in [0.25, 0.3) is 0 Å². The number of fused-ring (bicyclic) bond motifs is 1. The van der Waals surface area contributed by atoms with Crippen molar-refractivity contribution in [2.24, 2.45) is 0 Å². The lowest BCUT2D eigenvalue weighted by Crippen LogP contribution is -2.34. The molecule has 2 heteroatoms. The maximum Gasteiger partial charge on any atom is 0.122 e. The molecule has 0 bridgehead atoms. The zero-order valence-electron chi connectivity index (χ0n) is 9.83. The average Bonchev–Trinajstić information content (AvgIpc) is 2.35. The second kappa shape index (κ2) is 5.17. The Hall–Kier alpha value is -1.28. The summed E-state index contributed by atoms with van der Waals surface area (Å²) in [5, 5.41) is 3.49. The van der Waals surface area contributed by atoms with Gasteiger partial charge in [0.1, 0.15) is 5.75 Å². The first-order valence-electron chi connectivity index (χ1n) is 5.84. The van der Waals surface area contributed by atoms with Crippen LogP contribution in [-0.4, -0.2) is 19.7 Å². The molecule has 2 rings (SSSR count). The van der Waals surface area contributed by atoms with Gasteiger partial charge in [-0.05, 0) is 36.5 Å². The first-order valence-corrected chi connectivity index (χ1v) is 5.84. The van der Waals surface area contributed by atoms with E-state index in [1.165, 1.54) is 17.5 Å². The van der Waals surface area contributed by atoms with E-state index in [2.05, 4.69) is 30.1 Å². The van der Waals surface area contributed by atoms with E-state index in [4.69, 9.17) is 4.74 Å². The lowest BCUT2D eigenvalue weighted by molar-refractivity contribution is 0.397. The molecule has 0 spiro atoms. The van der Waals surface area contributed by atoms with Crippen molar-refractivity contribution in [3.8, 4) is 5.75 Å². The van der Waals surface area contributed by atoms with Crippen LogP contribution in [0.15, 0.2) is 30.9 Å². The lowest BCUT2D eigenvalue weighted by Gasteiger charge is -2.26. The predicted octanol–water partition coefficient (Wildman–Crippen LogP) is 2.33. The van der Waals surface area contributed by atoms with Crippen LogP contribution in [0.4, 0.5) is 0 Å². The Bertz CT molecular complexity index is 359. The lowest BCUT2D eigenvalue weighted by atomic mass is 9.87. The SMILES string of the molecule is C=CCNC1CCc2cccc(OC)c2C1. The highest BCUT2D eigenvalue weighted by Crippen LogP contribution is 2.29. The first-order chi connectivity index (χ1) is 7.85. The minimum absolute atomic E-state index is 0.557. The van der Waals surface area contributed by atoms with E-state index >= 15 is 0 Å². The van der Waals surface area contributed by atoms with E-state index in [1.54, 1.807) is 7.11 Å². The van der Waals surface area contributed by atoms with Gasteiger partial charge in [-0.15, -0.1) is 6.58 Å². The number of benzene rings is 1. The molecule has 1 aromatic rings. The van der Waals surface area contributed by atoms with Crippen molar-refractivity contribution in [3.05, 3.63) is 42.0 Å². The molecule has 0 aromatic heterocycles. The topological polar surface area (TPSA) is 21.3 Å². The minimum atomic E-state index is 0.557. The summed E-state index contributed by atoms with van der Waals surface area (Å²) in [4.78, 5) is 0. The molecule has 1 atom stereocenters. The number of hydrogen-bond donors (Lipinski definition) is 1. The summed E-state index contributed by atoms with van der Waals surface area (Å²) >= 11 is 0. The minimum Gasteiger partial charge on any atom is -0.496 e. The van der Waals surface area contributed by atoms with Crippen molar-refractivity contribution in [2.75, 3.05) is 13.7 Å². The van der Waals surface area contributed by atoms with Crippen LogP contribution in [0.3, 0.4) is 0 Å². The summed E-state index contributed by atoms with van der Waals surface area (Å²) in [6.45, 7) is 4.62. The molecule has 0 saturated carbocycles. The van der Waals surface area contributed by atoms with E-state index in [0.29, 0.717) is 6.04 Å². The van der Waals surface area contributed by atoms with E-state index < -0.39 is 0 Å². The fourth-order valence-electron chi connectivity index (χ4n) is 2.37. The second-order valence-corrected chi connectivity index (χ2v) is 4.23. The van der Waals surface area contributed by atoms with Crippen LogP contribution in [-0.2, 0) is 12.8 Å². The van der Waals surface area contributed by atoms with E-state index in [0.717, 1.165) is 25.1 Å². The molecular formula is C14H19NO. The van der Waals surface area contributed by atoms with Gasteiger partial charge < -0.3 is 10.1 Å². The Balaban J connectivity index is 2.14. The summed E-state index contributed by atoms with van der Waals surface area (Å²) in [7, 11) is 1.75. The van der Waals surface area contributed by atoms with Gasteiger partial charge in [-0.1, -0.05) is 18.2 Å². The van der Waals surface area contributed by atoms with Gasteiger partial charge in [0.15, 0.2) is 0 Å². The van der Waals surface area contributed by atoms with Gasteiger partial charge in [-0.2, -0.15) is 0 Å². The normalized spacial score (nSPS) is 18.9. The second-order valence-electron chi connectivity index (χ2n) is 4.23. The van der Waals surface area contributed by atoms with E-state index in [1.807, 2.05) is 6.08 Å². The third kappa shape index (κ3) is 2.27. The van der Waals surface area contributed by atoms with Gasteiger partial charge in [-0.25, -0.2) is 0 Å². The highest BCUT2D eigenvalue weighted by molar-refractivity contribution is 5.42. The Morgan fingerprint density at radius 3 is 3.19 bits per heavy atom. The Morgan fingerprint density at radius 1 is 1.56 bits per heavy atom. The molecule has 1 N–H and O–H groups in total. The van der Waals surface area contributed by atoms with Gasteiger partial charge in [0.25, 0.3) is 0 Å². The molecule has 1 unspecified atom stereocenters. The molecule has 2 nitrogen and oxygen atoms in total. The van der Waals surface area contributed by atoms with Crippen molar-refractivity contribution in [3.63, 3.8) is 0 Å². The number of ether oxygens (including phenoxy) is 1. The Morgan fingerprint density at radius 2 is 2.44 bits per heavy atom. The van der Waals surface area contributed by atoms with Gasteiger partial charge >= 0.3 is 0 Å². The summed E-state index contributed by atoms with van der Waals surface area (Å²) in [5.41, 5.74) is 2.81. The average molecular weight is 217 g/mol. The molecule has 0 fully saturated rings. The van der Waals surface area contributed by atoms with Crippen molar-refractivity contribution < 1.29 is 4.74 Å². The number of methoxy groups -OCH3 is 1. The molecule has 1 aliphatic rings. The fourth-order valence-corrected chi connectivity index (χ4v) is 2.37. The maximum atomic E-state index is 5.42. The molecule has 1 aromatic carbocycles. The van der Waals surface area contributed by atoms with E-state index in [9.17, 15) is 0 Å². The van der Waals surface area contributed by atoms with Crippen LogP contribution >= 0.6 is 0 Å². The quantitative estimate of drug-likeness (QED) is 0.782. The van der Waals surface area contributed by atoms with Crippen LogP contribution < -0.4 is 10.1 Å². The highest BCUT2D eigenvalue weighted by atomic mass is 16.5. The molecular weight excluding hydrogens is 198 g/mol. The van der Waals surface area contributed by atoms with E-state index in [-0.39, 0.29) is 0 Å². The molecule has 0 amide bonds. The molecule has 86 valence electrons. The van der Waals surface area contributed by atoms with Crippen LogP contribution in [0.1, 0.15) is 17.5 Å². The molecule has 16 heavy (non-hydrogen) atoms. The van der Waals surface area contributed by atoms with Crippen molar-refractivity contribution >= 4 is 0 Å². The summed E-state index contributed by atoms with van der Waals surface area (Å²) in [5.74, 6) is 1.03. The standard InChI is InChI=1S/C14H19NO/c1-3-9-15-12-8-7-11-5-4-6-14(16-2)13(11)10-12/h3-6,12,15H,1,7-10H2,2H3. The van der Waals surface area contributed by atoms with Gasteiger partial charge in [0.05, 0.1) is 7.11 Å².